The summed E-state index contributed by atoms with van der Waals surface area (Å²) >= 11 is 2.26. The van der Waals surface area contributed by atoms with E-state index in [4.69, 9.17) is 10.5 Å². The van der Waals surface area contributed by atoms with Crippen molar-refractivity contribution in [2.45, 2.75) is 0 Å². The van der Waals surface area contributed by atoms with Gasteiger partial charge < -0.3 is 21.1 Å². The van der Waals surface area contributed by atoms with E-state index < -0.39 is 0 Å². The van der Waals surface area contributed by atoms with Crippen molar-refractivity contribution >= 4 is 51.3 Å². The number of nitrogens with one attached hydrogen (secondary N) is 2. The zero-order valence-corrected chi connectivity index (χ0v) is 15.1. The van der Waals surface area contributed by atoms with Gasteiger partial charge in [0.1, 0.15) is 17.8 Å². The molecule has 0 saturated heterocycles. The Hall–Kier alpha value is -2.55. The van der Waals surface area contributed by atoms with Crippen molar-refractivity contribution < 1.29 is 4.74 Å². The second-order valence-corrected chi connectivity index (χ2v) is 6.22. The van der Waals surface area contributed by atoms with Gasteiger partial charge in [-0.05, 0) is 71.1 Å². The van der Waals surface area contributed by atoms with Crippen LogP contribution in [0.1, 0.15) is 0 Å². The minimum Gasteiger partial charge on any atom is -0.497 e. The van der Waals surface area contributed by atoms with E-state index in [1.807, 2.05) is 48.5 Å². The minimum absolute atomic E-state index is 0.451. The third-order valence-corrected chi connectivity index (χ3v) is 4.06. The summed E-state index contributed by atoms with van der Waals surface area (Å²) in [7, 11) is 1.63. The summed E-state index contributed by atoms with van der Waals surface area (Å²) in [5, 5.41) is 6.39. The SMILES string of the molecule is COc1ccc(Nc2ncnc(Nc3ccc(I)cc3)c2N)cc1. The van der Waals surface area contributed by atoms with Crippen molar-refractivity contribution in [1.82, 2.24) is 9.97 Å². The number of hydrogen-bond donors (Lipinski definition) is 3. The number of methoxy groups -OCH3 is 1. The normalized spacial score (nSPS) is 10.2. The van der Waals surface area contributed by atoms with E-state index in [1.54, 1.807) is 7.11 Å². The van der Waals surface area contributed by atoms with E-state index in [2.05, 4.69) is 43.2 Å². The van der Waals surface area contributed by atoms with Gasteiger partial charge >= 0.3 is 0 Å². The molecule has 4 N–H and O–H groups in total. The first-order valence-electron chi connectivity index (χ1n) is 7.20. The second kappa shape index (κ2) is 7.35. The van der Waals surface area contributed by atoms with Gasteiger partial charge in [-0.2, -0.15) is 0 Å². The predicted octanol–water partition coefficient (Wildman–Crippen LogP) is 4.16. The van der Waals surface area contributed by atoms with Crippen molar-refractivity contribution in [2.24, 2.45) is 0 Å². The number of anilines is 5. The average Bonchev–Trinajstić information content (AvgIpc) is 2.61. The maximum absolute atomic E-state index is 6.19. The third kappa shape index (κ3) is 3.85. The Kier molecular flexibility index (Phi) is 4.99. The smallest absolute Gasteiger partial charge is 0.159 e. The Morgan fingerprint density at radius 3 is 1.88 bits per heavy atom. The van der Waals surface area contributed by atoms with Gasteiger partial charge in [-0.25, -0.2) is 9.97 Å². The molecule has 0 unspecified atom stereocenters. The van der Waals surface area contributed by atoms with Gasteiger partial charge in [0.15, 0.2) is 11.6 Å². The van der Waals surface area contributed by atoms with Gasteiger partial charge in [0.05, 0.1) is 7.11 Å². The molecule has 24 heavy (non-hydrogen) atoms. The molecule has 3 aromatic rings. The fraction of sp³-hybridized carbons (Fsp3) is 0.0588. The van der Waals surface area contributed by atoms with E-state index in [0.29, 0.717) is 17.3 Å². The summed E-state index contributed by atoms with van der Waals surface area (Å²) < 4.78 is 6.31. The number of halogens is 1. The van der Waals surface area contributed by atoms with Crippen LogP contribution in [0.3, 0.4) is 0 Å². The lowest BCUT2D eigenvalue weighted by Crippen LogP contribution is -2.05. The van der Waals surface area contributed by atoms with Crippen LogP contribution in [0.4, 0.5) is 28.7 Å². The molecule has 3 rings (SSSR count). The number of nitrogen functional groups attached to an aromatic ring is 1. The van der Waals surface area contributed by atoms with Crippen LogP contribution in [0.5, 0.6) is 5.75 Å². The van der Waals surface area contributed by atoms with Gasteiger partial charge in [-0.1, -0.05) is 0 Å². The fourth-order valence-corrected chi connectivity index (χ4v) is 2.44. The van der Waals surface area contributed by atoms with Crippen LogP contribution in [0.15, 0.2) is 54.9 Å². The van der Waals surface area contributed by atoms with E-state index in [9.17, 15) is 0 Å². The molecule has 0 atom stereocenters. The highest BCUT2D eigenvalue weighted by atomic mass is 127. The summed E-state index contributed by atoms with van der Waals surface area (Å²) in [6, 6.07) is 15.5. The van der Waals surface area contributed by atoms with E-state index in [0.717, 1.165) is 20.7 Å². The molecular weight excluding hydrogens is 417 g/mol. The first kappa shape index (κ1) is 16.3. The molecule has 0 saturated carbocycles. The number of ether oxygens (including phenoxy) is 1. The van der Waals surface area contributed by atoms with E-state index in [1.165, 1.54) is 6.33 Å². The third-order valence-electron chi connectivity index (χ3n) is 3.34. The molecule has 0 bridgehead atoms. The lowest BCUT2D eigenvalue weighted by Gasteiger charge is -2.13. The Balaban J connectivity index is 1.80. The topological polar surface area (TPSA) is 85.1 Å². The van der Waals surface area contributed by atoms with Crippen molar-refractivity contribution in [1.29, 1.82) is 0 Å². The molecule has 122 valence electrons. The summed E-state index contributed by atoms with van der Waals surface area (Å²) in [6.45, 7) is 0. The van der Waals surface area contributed by atoms with Crippen LogP contribution in [-0.4, -0.2) is 17.1 Å². The van der Waals surface area contributed by atoms with Crippen LogP contribution < -0.4 is 21.1 Å². The molecule has 0 spiro atoms. The molecule has 7 heteroatoms. The summed E-state index contributed by atoms with van der Waals surface area (Å²) in [5.74, 6) is 1.89. The van der Waals surface area contributed by atoms with Crippen molar-refractivity contribution in [3.63, 3.8) is 0 Å². The molecule has 0 radical (unpaired) electrons. The molecule has 1 heterocycles. The van der Waals surface area contributed by atoms with Gasteiger partial charge in [-0.15, -0.1) is 0 Å². The number of benzene rings is 2. The first-order valence-corrected chi connectivity index (χ1v) is 8.28. The number of nitrogens with two attached hydrogens (primary N) is 1. The van der Waals surface area contributed by atoms with Crippen LogP contribution in [0, 0.1) is 3.57 Å². The number of rotatable bonds is 5. The highest BCUT2D eigenvalue weighted by Gasteiger charge is 2.09. The van der Waals surface area contributed by atoms with Crippen molar-refractivity contribution in [3.05, 3.63) is 58.4 Å². The largest absolute Gasteiger partial charge is 0.497 e. The van der Waals surface area contributed by atoms with Gasteiger partial charge in [0.2, 0.25) is 0 Å². The molecule has 2 aromatic carbocycles. The Morgan fingerprint density at radius 1 is 0.875 bits per heavy atom. The Labute approximate surface area is 153 Å². The summed E-state index contributed by atoms with van der Waals surface area (Å²) in [5.41, 5.74) is 8.42. The highest BCUT2D eigenvalue weighted by Crippen LogP contribution is 2.28. The van der Waals surface area contributed by atoms with Gasteiger partial charge in [-0.3, -0.25) is 0 Å². The molecule has 0 fully saturated rings. The van der Waals surface area contributed by atoms with Crippen molar-refractivity contribution in [3.8, 4) is 5.75 Å². The average molecular weight is 433 g/mol. The monoisotopic (exact) mass is 433 g/mol. The summed E-state index contributed by atoms with van der Waals surface area (Å²) in [4.78, 5) is 8.43. The van der Waals surface area contributed by atoms with Crippen LogP contribution >= 0.6 is 22.6 Å². The molecule has 0 amide bonds. The van der Waals surface area contributed by atoms with Crippen molar-refractivity contribution in [2.75, 3.05) is 23.5 Å². The van der Waals surface area contributed by atoms with E-state index >= 15 is 0 Å². The Bertz CT molecular complexity index is 821. The molecule has 0 aliphatic heterocycles. The van der Waals surface area contributed by atoms with Crippen LogP contribution in [0.25, 0.3) is 0 Å². The van der Waals surface area contributed by atoms with Gasteiger partial charge in [0.25, 0.3) is 0 Å². The number of aromatic nitrogens is 2. The van der Waals surface area contributed by atoms with Gasteiger partial charge in [0, 0.05) is 14.9 Å². The fourth-order valence-electron chi connectivity index (χ4n) is 2.08. The van der Waals surface area contributed by atoms with Crippen LogP contribution in [-0.2, 0) is 0 Å². The molecule has 0 aliphatic rings. The number of nitrogens with zero attached hydrogens (tertiary/aromatic N) is 2. The standard InChI is InChI=1S/C17H16IN5O/c1-24-14-8-6-13(7-9-14)23-17-15(19)16(20-10-21-17)22-12-4-2-11(18)3-5-12/h2-10H,19H2,1H3,(H2,20,21,22,23). The molecule has 0 aliphatic carbocycles. The van der Waals surface area contributed by atoms with Crippen LogP contribution in [0.2, 0.25) is 0 Å². The zero-order valence-electron chi connectivity index (χ0n) is 13.0. The zero-order chi connectivity index (χ0) is 16.9. The minimum atomic E-state index is 0.451. The second-order valence-electron chi connectivity index (χ2n) is 4.97. The number of hydrogen-bond acceptors (Lipinski definition) is 6. The highest BCUT2D eigenvalue weighted by molar-refractivity contribution is 14.1. The molecule has 1 aromatic heterocycles. The quantitative estimate of drug-likeness (QED) is 0.524. The molecule has 6 nitrogen and oxygen atoms in total. The lowest BCUT2D eigenvalue weighted by atomic mass is 10.3. The molecular formula is C17H16IN5O. The maximum Gasteiger partial charge on any atom is 0.159 e. The Morgan fingerprint density at radius 2 is 1.38 bits per heavy atom. The lowest BCUT2D eigenvalue weighted by molar-refractivity contribution is 0.415. The summed E-state index contributed by atoms with van der Waals surface area (Å²) in [6.07, 6.45) is 1.47. The predicted molar refractivity (Wildman–Crippen MR) is 105 cm³/mol. The first-order chi connectivity index (χ1) is 11.7. The maximum atomic E-state index is 6.19. The van der Waals surface area contributed by atoms with E-state index in [-0.39, 0.29) is 0 Å².